The number of hydrogen-bond acceptors (Lipinski definition) is 2. The zero-order valence-corrected chi connectivity index (χ0v) is 17.6. The number of nitrogens with one attached hydrogen (secondary N) is 2. The SMILES string of the molecule is Cn1cnc(CNC(=O)C2(F)CC(c3c(-c4ccc(F)cc4)[nH]c4c(F)cc(F)cc34)C2)c1. The number of fused-ring (bicyclic) bond motifs is 1. The van der Waals surface area contributed by atoms with Crippen LogP contribution < -0.4 is 5.32 Å². The zero-order chi connectivity index (χ0) is 23.3. The Bertz CT molecular complexity index is 1350. The average Bonchev–Trinajstić information content (AvgIpc) is 3.33. The summed E-state index contributed by atoms with van der Waals surface area (Å²) in [6.07, 6.45) is 3.03. The number of aromatic amines is 1. The predicted octanol–water partition coefficient (Wildman–Crippen LogP) is 4.89. The molecular formula is C24H20F4N4O. The van der Waals surface area contributed by atoms with Gasteiger partial charge in [-0.1, -0.05) is 0 Å². The van der Waals surface area contributed by atoms with Crippen molar-refractivity contribution in [3.05, 3.63) is 77.6 Å². The quantitative estimate of drug-likeness (QED) is 0.420. The summed E-state index contributed by atoms with van der Waals surface area (Å²) in [7, 11) is 1.79. The van der Waals surface area contributed by atoms with Gasteiger partial charge in [-0.25, -0.2) is 22.5 Å². The van der Waals surface area contributed by atoms with Gasteiger partial charge >= 0.3 is 0 Å². The lowest BCUT2D eigenvalue weighted by molar-refractivity contribution is -0.139. The van der Waals surface area contributed by atoms with Crippen molar-refractivity contribution in [1.29, 1.82) is 0 Å². The lowest BCUT2D eigenvalue weighted by atomic mass is 9.67. The molecule has 5 rings (SSSR count). The van der Waals surface area contributed by atoms with Gasteiger partial charge in [0.25, 0.3) is 5.91 Å². The Morgan fingerprint density at radius 1 is 1.18 bits per heavy atom. The number of imidazole rings is 1. The number of rotatable bonds is 5. The van der Waals surface area contributed by atoms with Gasteiger partial charge in [-0.2, -0.15) is 0 Å². The fourth-order valence-electron chi connectivity index (χ4n) is 4.51. The minimum absolute atomic E-state index is 0.0849. The first-order chi connectivity index (χ1) is 15.7. The molecular weight excluding hydrogens is 436 g/mol. The summed E-state index contributed by atoms with van der Waals surface area (Å²) in [5.41, 5.74) is 0.109. The van der Waals surface area contributed by atoms with E-state index < -0.39 is 34.9 Å². The number of carbonyl (C=O) groups excluding carboxylic acids is 1. The van der Waals surface area contributed by atoms with Crippen molar-refractivity contribution in [3.8, 4) is 11.3 Å². The van der Waals surface area contributed by atoms with E-state index in [0.717, 1.165) is 6.07 Å². The molecule has 33 heavy (non-hydrogen) atoms. The van der Waals surface area contributed by atoms with Crippen molar-refractivity contribution in [2.45, 2.75) is 31.0 Å². The fraction of sp³-hybridized carbons (Fsp3) is 0.250. The number of benzene rings is 2. The van der Waals surface area contributed by atoms with Crippen LogP contribution in [-0.4, -0.2) is 26.1 Å². The molecule has 0 radical (unpaired) electrons. The molecule has 170 valence electrons. The van der Waals surface area contributed by atoms with E-state index in [2.05, 4.69) is 15.3 Å². The van der Waals surface area contributed by atoms with E-state index in [-0.39, 0.29) is 30.3 Å². The molecule has 2 N–H and O–H groups in total. The largest absolute Gasteiger partial charge is 0.352 e. The van der Waals surface area contributed by atoms with Crippen molar-refractivity contribution < 1.29 is 22.4 Å². The van der Waals surface area contributed by atoms with Crippen LogP contribution in [0.15, 0.2) is 48.9 Å². The molecule has 4 aromatic rings. The van der Waals surface area contributed by atoms with E-state index in [1.807, 2.05) is 0 Å². The molecule has 0 spiro atoms. The Kier molecular flexibility index (Phi) is 4.99. The number of hydrogen-bond donors (Lipinski definition) is 2. The van der Waals surface area contributed by atoms with Crippen LogP contribution in [0.1, 0.15) is 30.0 Å². The van der Waals surface area contributed by atoms with Gasteiger partial charge in [0.1, 0.15) is 17.5 Å². The Balaban J connectivity index is 1.44. The summed E-state index contributed by atoms with van der Waals surface area (Å²) in [5, 5.41) is 2.85. The van der Waals surface area contributed by atoms with Crippen molar-refractivity contribution in [3.63, 3.8) is 0 Å². The Hall–Kier alpha value is -3.62. The number of aryl methyl sites for hydroxylation is 1. The highest BCUT2D eigenvalue weighted by Crippen LogP contribution is 2.52. The molecule has 1 aliphatic rings. The maximum atomic E-state index is 15.3. The van der Waals surface area contributed by atoms with E-state index in [0.29, 0.717) is 22.5 Å². The van der Waals surface area contributed by atoms with Crippen LogP contribution in [0.5, 0.6) is 0 Å². The molecule has 1 fully saturated rings. The zero-order valence-electron chi connectivity index (χ0n) is 17.6. The standard InChI is InChI=1S/C24H20F4N4O/c1-32-11-17(30-12-32)10-29-23(33)24(28)8-14(9-24)20-18-6-16(26)7-19(27)22(18)31-21(20)13-2-4-15(25)5-3-13/h2-7,11-12,14,31H,8-10H2,1H3,(H,29,33). The van der Waals surface area contributed by atoms with Crippen LogP contribution in [0.25, 0.3) is 22.2 Å². The lowest BCUT2D eigenvalue weighted by Crippen LogP contribution is -2.51. The van der Waals surface area contributed by atoms with E-state index in [9.17, 15) is 18.0 Å². The number of alkyl halides is 1. The van der Waals surface area contributed by atoms with Gasteiger partial charge in [0.15, 0.2) is 5.67 Å². The summed E-state index contributed by atoms with van der Waals surface area (Å²) in [4.78, 5) is 19.6. The topological polar surface area (TPSA) is 62.7 Å². The molecule has 5 nitrogen and oxygen atoms in total. The molecule has 0 atom stereocenters. The molecule has 9 heteroatoms. The van der Waals surface area contributed by atoms with Crippen molar-refractivity contribution >= 4 is 16.8 Å². The Morgan fingerprint density at radius 2 is 1.91 bits per heavy atom. The third-order valence-electron chi connectivity index (χ3n) is 6.14. The summed E-state index contributed by atoms with van der Waals surface area (Å²) >= 11 is 0. The molecule has 2 aromatic carbocycles. The molecule has 1 aliphatic carbocycles. The minimum atomic E-state index is -2.10. The molecule has 1 saturated carbocycles. The highest BCUT2D eigenvalue weighted by Gasteiger charge is 2.52. The number of carbonyl (C=O) groups is 1. The van der Waals surface area contributed by atoms with Gasteiger partial charge in [-0.3, -0.25) is 4.79 Å². The number of aromatic nitrogens is 3. The smallest absolute Gasteiger partial charge is 0.258 e. The van der Waals surface area contributed by atoms with Gasteiger partial charge in [0.05, 0.1) is 29.8 Å². The van der Waals surface area contributed by atoms with Crippen LogP contribution in [0.2, 0.25) is 0 Å². The van der Waals surface area contributed by atoms with Gasteiger partial charge < -0.3 is 14.9 Å². The summed E-state index contributed by atoms with van der Waals surface area (Å²) < 4.78 is 59.0. The maximum Gasteiger partial charge on any atom is 0.258 e. The predicted molar refractivity (Wildman–Crippen MR) is 114 cm³/mol. The van der Waals surface area contributed by atoms with Crippen molar-refractivity contribution in [2.24, 2.45) is 7.05 Å². The number of H-pyrrole nitrogens is 1. The van der Waals surface area contributed by atoms with Crippen molar-refractivity contribution in [1.82, 2.24) is 19.9 Å². The van der Waals surface area contributed by atoms with Crippen LogP contribution in [-0.2, 0) is 18.4 Å². The number of amides is 1. The van der Waals surface area contributed by atoms with Crippen molar-refractivity contribution in [2.75, 3.05) is 0 Å². The van der Waals surface area contributed by atoms with Gasteiger partial charge in [0, 0.05) is 24.7 Å². The second-order valence-electron chi connectivity index (χ2n) is 8.51. The number of halogens is 4. The average molecular weight is 456 g/mol. The van der Waals surface area contributed by atoms with Crippen LogP contribution in [0.3, 0.4) is 0 Å². The lowest BCUT2D eigenvalue weighted by Gasteiger charge is -2.40. The Morgan fingerprint density at radius 3 is 2.58 bits per heavy atom. The molecule has 2 aromatic heterocycles. The molecule has 0 bridgehead atoms. The normalized spacial score (nSPS) is 20.1. The van der Waals surface area contributed by atoms with Gasteiger partial charge in [-0.15, -0.1) is 0 Å². The van der Waals surface area contributed by atoms with Crippen LogP contribution in [0, 0.1) is 17.5 Å². The first-order valence-corrected chi connectivity index (χ1v) is 10.4. The second-order valence-corrected chi connectivity index (χ2v) is 8.51. The van der Waals surface area contributed by atoms with E-state index >= 15 is 4.39 Å². The Labute approximate surface area is 186 Å². The third kappa shape index (κ3) is 3.77. The van der Waals surface area contributed by atoms with Gasteiger partial charge in [0.2, 0.25) is 0 Å². The highest BCUT2D eigenvalue weighted by atomic mass is 19.1. The van der Waals surface area contributed by atoms with Crippen LogP contribution in [0.4, 0.5) is 17.6 Å². The maximum absolute atomic E-state index is 15.3. The first-order valence-electron chi connectivity index (χ1n) is 10.4. The summed E-state index contributed by atoms with van der Waals surface area (Å²) in [5.74, 6) is -3.18. The van der Waals surface area contributed by atoms with E-state index in [4.69, 9.17) is 0 Å². The molecule has 2 heterocycles. The van der Waals surface area contributed by atoms with Crippen LogP contribution >= 0.6 is 0 Å². The molecule has 1 amide bonds. The third-order valence-corrected chi connectivity index (χ3v) is 6.14. The second kappa shape index (κ2) is 7.75. The molecule has 0 unspecified atom stereocenters. The molecule has 0 saturated heterocycles. The summed E-state index contributed by atoms with van der Waals surface area (Å²) in [6.45, 7) is 0.0976. The number of nitrogens with zero attached hydrogens (tertiary/aromatic N) is 2. The fourth-order valence-corrected chi connectivity index (χ4v) is 4.51. The first kappa shape index (κ1) is 21.2. The molecule has 0 aliphatic heterocycles. The monoisotopic (exact) mass is 456 g/mol. The van der Waals surface area contributed by atoms with E-state index in [1.54, 1.807) is 24.1 Å². The van der Waals surface area contributed by atoms with Gasteiger partial charge in [-0.05, 0) is 60.2 Å². The van der Waals surface area contributed by atoms with E-state index in [1.165, 1.54) is 30.3 Å². The summed E-state index contributed by atoms with van der Waals surface area (Å²) in [6, 6.07) is 7.50. The highest BCUT2D eigenvalue weighted by molar-refractivity contribution is 5.93. The minimum Gasteiger partial charge on any atom is -0.352 e.